The number of ether oxygens (including phenoxy) is 1. The first-order chi connectivity index (χ1) is 8.15. The summed E-state index contributed by atoms with van der Waals surface area (Å²) in [4.78, 5) is 8.98. The van der Waals surface area contributed by atoms with E-state index in [9.17, 15) is 0 Å². The quantitative estimate of drug-likeness (QED) is 0.874. The standard InChI is InChI=1S/C13H21N3O/c1-9(2)12-7-10(3)14-13(16-12)15-11-5-4-6-17-8-11/h7,9,11H,4-6,8H2,1-3H3,(H,14,15,16). The summed E-state index contributed by atoms with van der Waals surface area (Å²) in [7, 11) is 0. The molecule has 0 saturated carbocycles. The number of aromatic nitrogens is 2. The number of rotatable bonds is 3. The van der Waals surface area contributed by atoms with Gasteiger partial charge in [-0.2, -0.15) is 0 Å². The van der Waals surface area contributed by atoms with Crippen LogP contribution >= 0.6 is 0 Å². The van der Waals surface area contributed by atoms with Gasteiger partial charge in [0.05, 0.1) is 12.6 Å². The molecule has 1 atom stereocenters. The van der Waals surface area contributed by atoms with Crippen LogP contribution in [0.3, 0.4) is 0 Å². The monoisotopic (exact) mass is 235 g/mol. The lowest BCUT2D eigenvalue weighted by Crippen LogP contribution is -2.31. The van der Waals surface area contributed by atoms with Crippen molar-refractivity contribution in [2.75, 3.05) is 18.5 Å². The van der Waals surface area contributed by atoms with Crippen LogP contribution in [0.15, 0.2) is 6.07 Å². The highest BCUT2D eigenvalue weighted by Gasteiger charge is 2.15. The second-order valence-electron chi connectivity index (χ2n) is 4.97. The maximum atomic E-state index is 5.44. The zero-order valence-corrected chi connectivity index (χ0v) is 10.9. The fourth-order valence-corrected chi connectivity index (χ4v) is 1.99. The summed E-state index contributed by atoms with van der Waals surface area (Å²) >= 11 is 0. The van der Waals surface area contributed by atoms with Gasteiger partial charge in [-0.05, 0) is 31.7 Å². The SMILES string of the molecule is Cc1cc(C(C)C)nc(NC2CCCOC2)n1. The van der Waals surface area contributed by atoms with E-state index < -0.39 is 0 Å². The molecule has 1 aromatic heterocycles. The summed E-state index contributed by atoms with van der Waals surface area (Å²) in [5.41, 5.74) is 2.11. The number of hydrogen-bond acceptors (Lipinski definition) is 4. The van der Waals surface area contributed by atoms with Crippen LogP contribution in [0.2, 0.25) is 0 Å². The molecule has 2 rings (SSSR count). The lowest BCUT2D eigenvalue weighted by Gasteiger charge is -2.23. The molecule has 1 N–H and O–H groups in total. The van der Waals surface area contributed by atoms with Gasteiger partial charge in [0.25, 0.3) is 0 Å². The van der Waals surface area contributed by atoms with Gasteiger partial charge >= 0.3 is 0 Å². The molecule has 0 aliphatic carbocycles. The molecule has 0 bridgehead atoms. The normalized spacial score (nSPS) is 20.6. The zero-order valence-electron chi connectivity index (χ0n) is 10.9. The number of nitrogens with one attached hydrogen (secondary N) is 1. The van der Waals surface area contributed by atoms with E-state index in [2.05, 4.69) is 29.1 Å². The zero-order chi connectivity index (χ0) is 12.3. The molecular weight excluding hydrogens is 214 g/mol. The smallest absolute Gasteiger partial charge is 0.223 e. The van der Waals surface area contributed by atoms with Gasteiger partial charge in [0, 0.05) is 18.0 Å². The lowest BCUT2D eigenvalue weighted by molar-refractivity contribution is 0.0874. The molecule has 94 valence electrons. The van der Waals surface area contributed by atoms with E-state index in [1.165, 1.54) is 0 Å². The van der Waals surface area contributed by atoms with Crippen molar-refractivity contribution < 1.29 is 4.74 Å². The Morgan fingerprint density at radius 1 is 1.41 bits per heavy atom. The van der Waals surface area contributed by atoms with Gasteiger partial charge in [-0.3, -0.25) is 0 Å². The first-order valence-electron chi connectivity index (χ1n) is 6.35. The molecule has 1 aliphatic heterocycles. The van der Waals surface area contributed by atoms with Crippen LogP contribution in [0.25, 0.3) is 0 Å². The Balaban J connectivity index is 2.09. The van der Waals surface area contributed by atoms with Gasteiger partial charge in [0.1, 0.15) is 0 Å². The third kappa shape index (κ3) is 3.40. The van der Waals surface area contributed by atoms with Gasteiger partial charge in [0.2, 0.25) is 5.95 Å². The molecule has 2 heterocycles. The summed E-state index contributed by atoms with van der Waals surface area (Å²) in [6.45, 7) is 7.94. The molecule has 0 aromatic carbocycles. The summed E-state index contributed by atoms with van der Waals surface area (Å²) < 4.78 is 5.44. The fraction of sp³-hybridized carbons (Fsp3) is 0.692. The molecular formula is C13H21N3O. The van der Waals surface area contributed by atoms with E-state index in [1.807, 2.05) is 13.0 Å². The molecule has 17 heavy (non-hydrogen) atoms. The molecule has 1 fully saturated rings. The first-order valence-corrected chi connectivity index (χ1v) is 6.35. The summed E-state index contributed by atoms with van der Waals surface area (Å²) in [5.74, 6) is 1.17. The van der Waals surface area contributed by atoms with Crippen LogP contribution in [0.4, 0.5) is 5.95 Å². The van der Waals surface area contributed by atoms with Crippen molar-refractivity contribution in [2.45, 2.75) is 45.6 Å². The van der Waals surface area contributed by atoms with Gasteiger partial charge in [-0.25, -0.2) is 9.97 Å². The third-order valence-corrected chi connectivity index (χ3v) is 2.96. The molecule has 1 aromatic rings. The number of hydrogen-bond donors (Lipinski definition) is 1. The van der Waals surface area contributed by atoms with Crippen molar-refractivity contribution in [1.82, 2.24) is 9.97 Å². The van der Waals surface area contributed by atoms with E-state index >= 15 is 0 Å². The van der Waals surface area contributed by atoms with Crippen LogP contribution in [0.5, 0.6) is 0 Å². The van der Waals surface area contributed by atoms with E-state index in [-0.39, 0.29) is 0 Å². The molecule has 0 amide bonds. The van der Waals surface area contributed by atoms with E-state index in [0.717, 1.165) is 43.4 Å². The van der Waals surface area contributed by atoms with Crippen molar-refractivity contribution in [3.05, 3.63) is 17.5 Å². The predicted octanol–water partition coefficient (Wildman–Crippen LogP) is 2.50. The average molecular weight is 235 g/mol. The second kappa shape index (κ2) is 5.45. The lowest BCUT2D eigenvalue weighted by atomic mass is 10.1. The van der Waals surface area contributed by atoms with Crippen LogP contribution in [0.1, 0.15) is 44.0 Å². The van der Waals surface area contributed by atoms with Gasteiger partial charge in [-0.15, -0.1) is 0 Å². The Bertz CT molecular complexity index is 373. The Morgan fingerprint density at radius 2 is 2.24 bits per heavy atom. The maximum absolute atomic E-state index is 5.44. The minimum Gasteiger partial charge on any atom is -0.379 e. The molecule has 1 aliphatic rings. The highest BCUT2D eigenvalue weighted by molar-refractivity contribution is 5.30. The highest BCUT2D eigenvalue weighted by Crippen LogP contribution is 2.16. The van der Waals surface area contributed by atoms with Gasteiger partial charge in [0.15, 0.2) is 0 Å². The Morgan fingerprint density at radius 3 is 2.88 bits per heavy atom. The van der Waals surface area contributed by atoms with Crippen LogP contribution in [-0.4, -0.2) is 29.2 Å². The molecule has 1 unspecified atom stereocenters. The van der Waals surface area contributed by atoms with Crippen LogP contribution in [-0.2, 0) is 4.74 Å². The second-order valence-corrected chi connectivity index (χ2v) is 4.97. The van der Waals surface area contributed by atoms with Crippen molar-refractivity contribution in [1.29, 1.82) is 0 Å². The Kier molecular flexibility index (Phi) is 3.94. The van der Waals surface area contributed by atoms with Crippen LogP contribution < -0.4 is 5.32 Å². The Hall–Kier alpha value is -1.16. The topological polar surface area (TPSA) is 47.0 Å². The molecule has 0 spiro atoms. The van der Waals surface area contributed by atoms with Gasteiger partial charge < -0.3 is 10.1 Å². The predicted molar refractivity (Wildman–Crippen MR) is 68.3 cm³/mol. The van der Waals surface area contributed by atoms with E-state index in [0.29, 0.717) is 12.0 Å². The summed E-state index contributed by atoms with van der Waals surface area (Å²) in [6.07, 6.45) is 2.24. The van der Waals surface area contributed by atoms with E-state index in [4.69, 9.17) is 4.74 Å². The molecule has 4 nitrogen and oxygen atoms in total. The molecule has 1 saturated heterocycles. The third-order valence-electron chi connectivity index (χ3n) is 2.96. The van der Waals surface area contributed by atoms with Crippen molar-refractivity contribution >= 4 is 5.95 Å². The maximum Gasteiger partial charge on any atom is 0.223 e. The Labute approximate surface area is 103 Å². The summed E-state index contributed by atoms with van der Waals surface area (Å²) in [6, 6.07) is 2.40. The molecule has 0 radical (unpaired) electrons. The number of anilines is 1. The highest BCUT2D eigenvalue weighted by atomic mass is 16.5. The van der Waals surface area contributed by atoms with Gasteiger partial charge in [-0.1, -0.05) is 13.8 Å². The van der Waals surface area contributed by atoms with Crippen LogP contribution in [0, 0.1) is 6.92 Å². The number of aryl methyl sites for hydroxylation is 1. The van der Waals surface area contributed by atoms with Crippen molar-refractivity contribution in [3.8, 4) is 0 Å². The van der Waals surface area contributed by atoms with E-state index in [1.54, 1.807) is 0 Å². The minimum atomic E-state index is 0.352. The van der Waals surface area contributed by atoms with Crippen molar-refractivity contribution in [3.63, 3.8) is 0 Å². The minimum absolute atomic E-state index is 0.352. The largest absolute Gasteiger partial charge is 0.379 e. The van der Waals surface area contributed by atoms with Crippen molar-refractivity contribution in [2.24, 2.45) is 0 Å². The average Bonchev–Trinajstić information content (AvgIpc) is 2.29. The first kappa shape index (κ1) is 12.3. The summed E-state index contributed by atoms with van der Waals surface area (Å²) in [5, 5.41) is 3.37. The molecule has 4 heteroatoms. The fourth-order valence-electron chi connectivity index (χ4n) is 1.99. The number of nitrogens with zero attached hydrogens (tertiary/aromatic N) is 2.